The van der Waals surface area contributed by atoms with Gasteiger partial charge in [0, 0.05) is 17.5 Å². The molecule has 2 fully saturated rings. The number of hydrogen-bond donors (Lipinski definition) is 2. The average molecular weight is 406 g/mol. The Balaban J connectivity index is 1.80. The van der Waals surface area contributed by atoms with Crippen molar-refractivity contribution in [3.63, 3.8) is 0 Å². The molecule has 3 rings (SSSR count). The van der Waals surface area contributed by atoms with E-state index in [0.29, 0.717) is 12.5 Å². The second-order valence-corrected chi connectivity index (χ2v) is 7.83. The molecule has 1 aromatic rings. The third kappa shape index (κ3) is 2.70. The van der Waals surface area contributed by atoms with Gasteiger partial charge in [0.1, 0.15) is 0 Å². The van der Waals surface area contributed by atoms with Crippen LogP contribution in [0.3, 0.4) is 0 Å². The molecular weight excluding hydrogens is 388 g/mol. The Bertz CT molecular complexity index is 942. The number of nitro groups is 2. The lowest BCUT2D eigenvalue weighted by Gasteiger charge is -2.35. The van der Waals surface area contributed by atoms with E-state index in [4.69, 9.17) is 4.74 Å². The molecule has 1 aliphatic carbocycles. The van der Waals surface area contributed by atoms with Gasteiger partial charge in [-0.1, -0.05) is 13.8 Å². The summed E-state index contributed by atoms with van der Waals surface area (Å²) in [5, 5.41) is 21.9. The number of ether oxygens (including phenoxy) is 1. The van der Waals surface area contributed by atoms with E-state index in [2.05, 4.69) is 10.9 Å². The van der Waals surface area contributed by atoms with Crippen LogP contribution in [0.4, 0.5) is 11.4 Å². The molecule has 1 heterocycles. The van der Waals surface area contributed by atoms with Gasteiger partial charge in [-0.25, -0.2) is 0 Å². The zero-order valence-electron chi connectivity index (χ0n) is 15.8. The number of nitrogens with one attached hydrogen (secondary N) is 2. The standard InChI is InChI=1S/C17H18N4O8/c1-15(2)16(3)4-5-17(15,29-14(16)24)13(23)19-18-12(22)9-6-10(20(25)26)8-11(7-9)21(27)28/h6-8H,4-5H2,1-3H3,(H,18,22)(H,19,23). The number of hydrazine groups is 1. The van der Waals surface area contributed by atoms with Gasteiger partial charge in [-0.15, -0.1) is 0 Å². The van der Waals surface area contributed by atoms with E-state index >= 15 is 0 Å². The van der Waals surface area contributed by atoms with E-state index in [1.807, 2.05) is 0 Å². The van der Waals surface area contributed by atoms with Crippen molar-refractivity contribution in [3.8, 4) is 0 Å². The van der Waals surface area contributed by atoms with E-state index in [1.165, 1.54) is 0 Å². The molecule has 1 aromatic carbocycles. The summed E-state index contributed by atoms with van der Waals surface area (Å²) in [5.41, 5.74) is -0.574. The van der Waals surface area contributed by atoms with E-state index < -0.39 is 55.4 Å². The van der Waals surface area contributed by atoms with Crippen molar-refractivity contribution in [3.05, 3.63) is 44.0 Å². The lowest BCUT2D eigenvalue weighted by molar-refractivity contribution is -0.394. The minimum Gasteiger partial charge on any atom is -0.448 e. The highest BCUT2D eigenvalue weighted by atomic mass is 16.6. The maximum atomic E-state index is 12.8. The normalized spacial score (nSPS) is 26.5. The Morgan fingerprint density at radius 2 is 1.55 bits per heavy atom. The van der Waals surface area contributed by atoms with Crippen molar-refractivity contribution in [2.45, 2.75) is 39.2 Å². The van der Waals surface area contributed by atoms with Gasteiger partial charge in [-0.3, -0.25) is 45.5 Å². The Kier molecular flexibility index (Phi) is 4.33. The number of nitro benzene ring substituents is 2. The Hall–Kier alpha value is -3.57. The predicted molar refractivity (Wildman–Crippen MR) is 95.3 cm³/mol. The maximum absolute atomic E-state index is 12.8. The number of fused-ring (bicyclic) bond motifs is 2. The highest BCUT2D eigenvalue weighted by Gasteiger charge is 2.75. The molecular formula is C17H18N4O8. The molecule has 154 valence electrons. The van der Waals surface area contributed by atoms with Gasteiger partial charge in [0.25, 0.3) is 23.2 Å². The molecule has 2 unspecified atom stereocenters. The molecule has 0 aromatic heterocycles. The van der Waals surface area contributed by atoms with Gasteiger partial charge >= 0.3 is 5.97 Å². The topological polar surface area (TPSA) is 171 Å². The predicted octanol–water partition coefficient (Wildman–Crippen LogP) is 1.39. The second kappa shape index (κ2) is 6.22. The molecule has 1 saturated carbocycles. The highest BCUT2D eigenvalue weighted by Crippen LogP contribution is 2.65. The van der Waals surface area contributed by atoms with Gasteiger partial charge in [0.2, 0.25) is 0 Å². The fraction of sp³-hybridized carbons (Fsp3) is 0.471. The largest absolute Gasteiger partial charge is 0.448 e. The van der Waals surface area contributed by atoms with Crippen molar-refractivity contribution < 1.29 is 29.0 Å². The molecule has 2 atom stereocenters. The number of benzene rings is 1. The van der Waals surface area contributed by atoms with Gasteiger partial charge < -0.3 is 4.74 Å². The summed E-state index contributed by atoms with van der Waals surface area (Å²) in [7, 11) is 0. The molecule has 2 bridgehead atoms. The van der Waals surface area contributed by atoms with Gasteiger partial charge in [-0.2, -0.15) is 0 Å². The monoisotopic (exact) mass is 406 g/mol. The number of carbonyl (C=O) groups is 3. The third-order valence-corrected chi connectivity index (χ3v) is 6.33. The van der Waals surface area contributed by atoms with E-state index in [-0.39, 0.29) is 12.0 Å². The van der Waals surface area contributed by atoms with Gasteiger partial charge in [0.15, 0.2) is 5.60 Å². The summed E-state index contributed by atoms with van der Waals surface area (Å²) in [4.78, 5) is 57.5. The summed E-state index contributed by atoms with van der Waals surface area (Å²) >= 11 is 0. The molecule has 2 N–H and O–H groups in total. The lowest BCUT2D eigenvalue weighted by atomic mass is 9.66. The fourth-order valence-electron chi connectivity index (χ4n) is 3.97. The van der Waals surface area contributed by atoms with Crippen LogP contribution in [0.5, 0.6) is 0 Å². The Morgan fingerprint density at radius 3 is 1.97 bits per heavy atom. The number of non-ortho nitro benzene ring substituents is 2. The molecule has 29 heavy (non-hydrogen) atoms. The zero-order valence-corrected chi connectivity index (χ0v) is 15.8. The van der Waals surface area contributed by atoms with E-state index in [0.717, 1.165) is 12.1 Å². The SMILES string of the molecule is CC12CCC(C(=O)NNC(=O)c3cc([N+](=O)[O-])cc([N+](=O)[O-])c3)(OC1=O)C2(C)C. The molecule has 1 aliphatic heterocycles. The van der Waals surface area contributed by atoms with Crippen molar-refractivity contribution in [1.82, 2.24) is 10.9 Å². The van der Waals surface area contributed by atoms with Crippen LogP contribution >= 0.6 is 0 Å². The van der Waals surface area contributed by atoms with Crippen LogP contribution in [-0.2, 0) is 14.3 Å². The van der Waals surface area contributed by atoms with Crippen LogP contribution in [0.2, 0.25) is 0 Å². The van der Waals surface area contributed by atoms with Gasteiger partial charge in [0.05, 0.1) is 26.9 Å². The number of amides is 2. The molecule has 12 nitrogen and oxygen atoms in total. The summed E-state index contributed by atoms with van der Waals surface area (Å²) < 4.78 is 5.39. The van der Waals surface area contributed by atoms with Crippen LogP contribution in [0.25, 0.3) is 0 Å². The first-order valence-corrected chi connectivity index (χ1v) is 8.64. The molecule has 0 radical (unpaired) electrons. The van der Waals surface area contributed by atoms with Gasteiger partial charge in [-0.05, 0) is 19.8 Å². The number of nitrogens with zero attached hydrogens (tertiary/aromatic N) is 2. The van der Waals surface area contributed by atoms with Crippen LogP contribution in [0, 0.1) is 31.1 Å². The number of rotatable bonds is 4. The molecule has 0 spiro atoms. The maximum Gasteiger partial charge on any atom is 0.313 e. The van der Waals surface area contributed by atoms with Crippen LogP contribution in [0.15, 0.2) is 18.2 Å². The zero-order chi connectivity index (χ0) is 21.8. The lowest BCUT2D eigenvalue weighted by Crippen LogP contribution is -2.57. The summed E-state index contributed by atoms with van der Waals surface area (Å²) in [6, 6.07) is 2.41. The summed E-state index contributed by atoms with van der Waals surface area (Å²) in [6.45, 7) is 5.19. The van der Waals surface area contributed by atoms with Crippen LogP contribution in [0.1, 0.15) is 44.0 Å². The fourth-order valence-corrected chi connectivity index (χ4v) is 3.97. The van der Waals surface area contributed by atoms with Crippen molar-refractivity contribution >= 4 is 29.2 Å². The average Bonchev–Trinajstić information content (AvgIpc) is 2.95. The van der Waals surface area contributed by atoms with Crippen LogP contribution < -0.4 is 10.9 Å². The third-order valence-electron chi connectivity index (χ3n) is 6.33. The Labute approximate surface area is 163 Å². The first kappa shape index (κ1) is 20.2. The smallest absolute Gasteiger partial charge is 0.313 e. The van der Waals surface area contributed by atoms with E-state index in [9.17, 15) is 34.6 Å². The minimum atomic E-state index is -1.47. The molecule has 1 saturated heterocycles. The highest BCUT2D eigenvalue weighted by molar-refractivity contribution is 6.00. The first-order chi connectivity index (χ1) is 13.4. The molecule has 2 amide bonds. The summed E-state index contributed by atoms with van der Waals surface area (Å²) in [5.74, 6) is -2.24. The first-order valence-electron chi connectivity index (χ1n) is 8.64. The van der Waals surface area contributed by atoms with Crippen LogP contribution in [-0.4, -0.2) is 33.2 Å². The van der Waals surface area contributed by atoms with Crippen molar-refractivity contribution in [2.24, 2.45) is 10.8 Å². The molecule has 2 aliphatic rings. The number of esters is 1. The van der Waals surface area contributed by atoms with Crippen molar-refractivity contribution in [1.29, 1.82) is 0 Å². The summed E-state index contributed by atoms with van der Waals surface area (Å²) in [6.07, 6.45) is 0.712. The minimum absolute atomic E-state index is 0.270. The molecule has 12 heteroatoms. The number of carbonyl (C=O) groups excluding carboxylic acids is 3. The Morgan fingerprint density at radius 1 is 1.00 bits per heavy atom. The van der Waals surface area contributed by atoms with Crippen molar-refractivity contribution in [2.75, 3.05) is 0 Å². The quantitative estimate of drug-likeness (QED) is 0.429. The number of hydrogen-bond acceptors (Lipinski definition) is 8. The van der Waals surface area contributed by atoms with E-state index in [1.54, 1.807) is 20.8 Å². The second-order valence-electron chi connectivity index (χ2n) is 7.83.